The molecule has 0 radical (unpaired) electrons. The van der Waals surface area contributed by atoms with E-state index in [1.165, 1.54) is 0 Å². The van der Waals surface area contributed by atoms with Crippen molar-refractivity contribution in [3.63, 3.8) is 0 Å². The number of amides is 1. The van der Waals surface area contributed by atoms with E-state index in [4.69, 9.17) is 5.73 Å². The first-order valence-electron chi connectivity index (χ1n) is 5.56. The summed E-state index contributed by atoms with van der Waals surface area (Å²) in [6, 6.07) is 3.51. The van der Waals surface area contributed by atoms with Crippen LogP contribution in [0.5, 0.6) is 0 Å². The number of carbonyl (C=O) groups excluding carboxylic acids is 1. The Balaban J connectivity index is 2.64. The van der Waals surface area contributed by atoms with E-state index in [0.29, 0.717) is 31.0 Å². The van der Waals surface area contributed by atoms with Crippen molar-refractivity contribution in [2.75, 3.05) is 13.1 Å². The number of nitrogens with one attached hydrogen (secondary N) is 1. The zero-order valence-corrected chi connectivity index (χ0v) is 9.86. The first-order chi connectivity index (χ1) is 7.63. The van der Waals surface area contributed by atoms with Crippen LogP contribution in [0.1, 0.15) is 29.9 Å². The highest BCUT2D eigenvalue weighted by Gasteiger charge is 2.06. The average molecular weight is 221 g/mol. The number of aromatic nitrogens is 1. The van der Waals surface area contributed by atoms with Gasteiger partial charge in [-0.15, -0.1) is 0 Å². The van der Waals surface area contributed by atoms with Gasteiger partial charge in [0, 0.05) is 30.4 Å². The van der Waals surface area contributed by atoms with Crippen molar-refractivity contribution in [3.05, 3.63) is 29.6 Å². The molecule has 1 aromatic heterocycles. The Hall–Kier alpha value is -1.42. The van der Waals surface area contributed by atoms with Crippen molar-refractivity contribution in [3.8, 4) is 0 Å². The lowest BCUT2D eigenvalue weighted by Crippen LogP contribution is -2.27. The van der Waals surface area contributed by atoms with Crippen molar-refractivity contribution in [1.29, 1.82) is 0 Å². The molecule has 3 N–H and O–H groups in total. The van der Waals surface area contributed by atoms with Gasteiger partial charge in [0.1, 0.15) is 0 Å². The molecule has 0 saturated heterocycles. The number of rotatable bonds is 5. The standard InChI is InChI=1S/C12H19N3O/c1-9(2)8-15-12(16)10-4-6-14-11(7-10)3-5-13/h4,6-7,9H,3,5,8,13H2,1-2H3,(H,15,16). The summed E-state index contributed by atoms with van der Waals surface area (Å²) < 4.78 is 0. The van der Waals surface area contributed by atoms with Crippen molar-refractivity contribution in [2.45, 2.75) is 20.3 Å². The lowest BCUT2D eigenvalue weighted by Gasteiger charge is -2.08. The molecule has 88 valence electrons. The Morgan fingerprint density at radius 3 is 2.94 bits per heavy atom. The predicted octanol–water partition coefficient (Wildman–Crippen LogP) is 0.969. The molecular weight excluding hydrogens is 202 g/mol. The summed E-state index contributed by atoms with van der Waals surface area (Å²) in [6.45, 7) is 5.36. The summed E-state index contributed by atoms with van der Waals surface area (Å²) in [4.78, 5) is 15.9. The van der Waals surface area contributed by atoms with Crippen LogP contribution in [0.4, 0.5) is 0 Å². The van der Waals surface area contributed by atoms with Crippen LogP contribution in [-0.2, 0) is 6.42 Å². The fraction of sp³-hybridized carbons (Fsp3) is 0.500. The fourth-order valence-electron chi connectivity index (χ4n) is 1.30. The predicted molar refractivity (Wildman–Crippen MR) is 64.2 cm³/mol. The van der Waals surface area contributed by atoms with E-state index in [0.717, 1.165) is 5.69 Å². The van der Waals surface area contributed by atoms with E-state index in [1.807, 2.05) is 0 Å². The quantitative estimate of drug-likeness (QED) is 0.778. The Morgan fingerprint density at radius 2 is 2.31 bits per heavy atom. The van der Waals surface area contributed by atoms with Crippen molar-refractivity contribution in [2.24, 2.45) is 11.7 Å². The van der Waals surface area contributed by atoms with Gasteiger partial charge in [0.05, 0.1) is 0 Å². The largest absolute Gasteiger partial charge is 0.352 e. The number of hydrogen-bond donors (Lipinski definition) is 2. The number of carbonyl (C=O) groups is 1. The molecule has 1 heterocycles. The number of pyridine rings is 1. The molecule has 4 nitrogen and oxygen atoms in total. The van der Waals surface area contributed by atoms with Gasteiger partial charge in [-0.3, -0.25) is 9.78 Å². The molecule has 0 spiro atoms. The van der Waals surface area contributed by atoms with E-state index in [9.17, 15) is 4.79 Å². The molecule has 0 aliphatic heterocycles. The molecule has 1 rings (SSSR count). The molecule has 16 heavy (non-hydrogen) atoms. The van der Waals surface area contributed by atoms with Crippen LogP contribution >= 0.6 is 0 Å². The fourth-order valence-corrected chi connectivity index (χ4v) is 1.30. The minimum atomic E-state index is -0.0469. The number of nitrogens with zero attached hydrogens (tertiary/aromatic N) is 1. The average Bonchev–Trinajstić information content (AvgIpc) is 2.26. The molecular formula is C12H19N3O. The monoisotopic (exact) mass is 221 g/mol. The summed E-state index contributed by atoms with van der Waals surface area (Å²) >= 11 is 0. The van der Waals surface area contributed by atoms with Crippen LogP contribution in [-0.4, -0.2) is 24.0 Å². The van der Waals surface area contributed by atoms with Crippen molar-refractivity contribution in [1.82, 2.24) is 10.3 Å². The van der Waals surface area contributed by atoms with Gasteiger partial charge < -0.3 is 11.1 Å². The zero-order valence-electron chi connectivity index (χ0n) is 9.86. The molecule has 0 aliphatic rings. The van der Waals surface area contributed by atoms with Crippen molar-refractivity contribution >= 4 is 5.91 Å². The molecule has 0 saturated carbocycles. The maximum atomic E-state index is 11.7. The Morgan fingerprint density at radius 1 is 1.56 bits per heavy atom. The highest BCUT2D eigenvalue weighted by molar-refractivity contribution is 5.94. The summed E-state index contributed by atoms with van der Waals surface area (Å²) in [5.41, 5.74) is 6.96. The van der Waals surface area contributed by atoms with E-state index in [2.05, 4.69) is 24.1 Å². The summed E-state index contributed by atoms with van der Waals surface area (Å²) in [7, 11) is 0. The maximum absolute atomic E-state index is 11.7. The third-order valence-electron chi connectivity index (χ3n) is 2.15. The first kappa shape index (κ1) is 12.6. The summed E-state index contributed by atoms with van der Waals surface area (Å²) in [6.07, 6.45) is 2.35. The van der Waals surface area contributed by atoms with Gasteiger partial charge in [0.2, 0.25) is 0 Å². The lowest BCUT2D eigenvalue weighted by atomic mass is 10.1. The number of hydrogen-bond acceptors (Lipinski definition) is 3. The van der Waals surface area contributed by atoms with Gasteiger partial charge in [-0.2, -0.15) is 0 Å². The van der Waals surface area contributed by atoms with E-state index >= 15 is 0 Å². The van der Waals surface area contributed by atoms with Crippen LogP contribution in [0, 0.1) is 5.92 Å². The van der Waals surface area contributed by atoms with Crippen LogP contribution in [0.3, 0.4) is 0 Å². The van der Waals surface area contributed by atoms with Gasteiger partial charge in [-0.1, -0.05) is 13.8 Å². The first-order valence-corrected chi connectivity index (χ1v) is 5.56. The third-order valence-corrected chi connectivity index (χ3v) is 2.15. The van der Waals surface area contributed by atoms with Gasteiger partial charge in [0.25, 0.3) is 5.91 Å². The Labute approximate surface area is 96.3 Å². The van der Waals surface area contributed by atoms with Crippen molar-refractivity contribution < 1.29 is 4.79 Å². The molecule has 0 aromatic carbocycles. The molecule has 1 aromatic rings. The molecule has 0 atom stereocenters. The Bertz CT molecular complexity index is 350. The zero-order chi connectivity index (χ0) is 12.0. The topological polar surface area (TPSA) is 68.0 Å². The van der Waals surface area contributed by atoms with Crippen LogP contribution in [0.15, 0.2) is 18.3 Å². The molecule has 0 bridgehead atoms. The van der Waals surface area contributed by atoms with Crippen LogP contribution in [0.25, 0.3) is 0 Å². The number of nitrogens with two attached hydrogens (primary N) is 1. The highest BCUT2D eigenvalue weighted by Crippen LogP contribution is 2.02. The second-order valence-electron chi connectivity index (χ2n) is 4.18. The maximum Gasteiger partial charge on any atom is 0.251 e. The molecule has 1 amide bonds. The SMILES string of the molecule is CC(C)CNC(=O)c1ccnc(CCN)c1. The van der Waals surface area contributed by atoms with Crippen LogP contribution < -0.4 is 11.1 Å². The van der Waals surface area contributed by atoms with Gasteiger partial charge in [0.15, 0.2) is 0 Å². The van der Waals surface area contributed by atoms with Gasteiger partial charge in [-0.25, -0.2) is 0 Å². The summed E-state index contributed by atoms with van der Waals surface area (Å²) in [5, 5.41) is 2.87. The normalized spacial score (nSPS) is 10.5. The minimum absolute atomic E-state index is 0.0469. The molecule has 0 unspecified atom stereocenters. The van der Waals surface area contributed by atoms with Gasteiger partial charge >= 0.3 is 0 Å². The lowest BCUT2D eigenvalue weighted by molar-refractivity contribution is 0.0949. The molecule has 4 heteroatoms. The van der Waals surface area contributed by atoms with E-state index in [1.54, 1.807) is 18.3 Å². The van der Waals surface area contributed by atoms with E-state index in [-0.39, 0.29) is 5.91 Å². The summed E-state index contributed by atoms with van der Waals surface area (Å²) in [5.74, 6) is 0.406. The second kappa shape index (κ2) is 6.23. The Kier molecular flexibility index (Phi) is 4.92. The highest BCUT2D eigenvalue weighted by atomic mass is 16.1. The van der Waals surface area contributed by atoms with E-state index < -0.39 is 0 Å². The molecule has 0 fully saturated rings. The third kappa shape index (κ3) is 3.98. The van der Waals surface area contributed by atoms with Gasteiger partial charge in [-0.05, 0) is 24.6 Å². The smallest absolute Gasteiger partial charge is 0.251 e. The second-order valence-corrected chi connectivity index (χ2v) is 4.18. The molecule has 0 aliphatic carbocycles. The van der Waals surface area contributed by atoms with Crippen LogP contribution in [0.2, 0.25) is 0 Å². The minimum Gasteiger partial charge on any atom is -0.352 e.